The van der Waals surface area contributed by atoms with Crippen molar-refractivity contribution in [2.24, 2.45) is 0 Å². The van der Waals surface area contributed by atoms with Crippen molar-refractivity contribution in [2.45, 2.75) is 6.92 Å². The van der Waals surface area contributed by atoms with E-state index < -0.39 is 0 Å². The molecule has 2 rings (SSSR count). The second-order valence-electron chi connectivity index (χ2n) is 4.57. The molecule has 21 heavy (non-hydrogen) atoms. The summed E-state index contributed by atoms with van der Waals surface area (Å²) in [5.74, 6) is -0.395. The molecule has 2 aromatic carbocycles. The molecule has 2 aromatic rings. The molecule has 0 aliphatic rings. The summed E-state index contributed by atoms with van der Waals surface area (Å²) in [6.45, 7) is 1.88. The Kier molecular flexibility index (Phi) is 4.75. The van der Waals surface area contributed by atoms with Gasteiger partial charge in [0.2, 0.25) is 0 Å². The van der Waals surface area contributed by atoms with Crippen molar-refractivity contribution >= 4 is 33.4 Å². The van der Waals surface area contributed by atoms with E-state index in [1.165, 1.54) is 0 Å². The fourth-order valence-electron chi connectivity index (χ4n) is 1.84. The first kappa shape index (κ1) is 15.3. The molecule has 108 valence electrons. The summed E-state index contributed by atoms with van der Waals surface area (Å²) in [7, 11) is 1.57. The molecule has 5 heteroatoms. The average Bonchev–Trinajstić information content (AvgIpc) is 2.49. The van der Waals surface area contributed by atoms with Gasteiger partial charge in [-0.15, -0.1) is 0 Å². The largest absolute Gasteiger partial charge is 0.355 e. The summed E-state index contributed by atoms with van der Waals surface area (Å²) >= 11 is 3.33. The third kappa shape index (κ3) is 3.70. The topological polar surface area (TPSA) is 58.2 Å². The fraction of sp³-hybridized carbons (Fsp3) is 0.125. The van der Waals surface area contributed by atoms with Crippen LogP contribution in [0, 0.1) is 6.92 Å². The summed E-state index contributed by atoms with van der Waals surface area (Å²) in [4.78, 5) is 23.8. The lowest BCUT2D eigenvalue weighted by atomic mass is 10.1. The summed E-state index contributed by atoms with van der Waals surface area (Å²) in [6, 6.07) is 12.3. The first-order valence-corrected chi connectivity index (χ1v) is 7.20. The number of nitrogens with one attached hydrogen (secondary N) is 2. The number of hydrogen-bond donors (Lipinski definition) is 2. The average molecular weight is 347 g/mol. The second kappa shape index (κ2) is 6.54. The second-order valence-corrected chi connectivity index (χ2v) is 5.49. The van der Waals surface area contributed by atoms with Gasteiger partial charge >= 0.3 is 0 Å². The highest BCUT2D eigenvalue weighted by molar-refractivity contribution is 9.10. The van der Waals surface area contributed by atoms with E-state index in [0.29, 0.717) is 16.8 Å². The quantitative estimate of drug-likeness (QED) is 0.894. The molecule has 2 N–H and O–H groups in total. The number of amides is 2. The van der Waals surface area contributed by atoms with Crippen molar-refractivity contribution in [2.75, 3.05) is 12.4 Å². The van der Waals surface area contributed by atoms with Gasteiger partial charge in [0.15, 0.2) is 0 Å². The SMILES string of the molecule is CNC(=O)c1ccc(C)c(NC(=O)c2ccc(Br)cc2)c1. The van der Waals surface area contributed by atoms with Crippen molar-refractivity contribution in [1.82, 2.24) is 5.32 Å². The van der Waals surface area contributed by atoms with Crippen LogP contribution in [0.3, 0.4) is 0 Å². The molecule has 0 atom stereocenters. The van der Waals surface area contributed by atoms with E-state index in [1.54, 1.807) is 31.3 Å². The maximum atomic E-state index is 12.2. The number of carbonyl (C=O) groups excluding carboxylic acids is 2. The van der Waals surface area contributed by atoms with Crippen LogP contribution in [-0.2, 0) is 0 Å². The predicted octanol–water partition coefficient (Wildman–Crippen LogP) is 3.37. The van der Waals surface area contributed by atoms with E-state index in [2.05, 4.69) is 26.6 Å². The molecule has 0 saturated heterocycles. The standard InChI is InChI=1S/C16H15BrN2O2/c1-10-3-4-12(15(20)18-2)9-14(10)19-16(21)11-5-7-13(17)8-6-11/h3-9H,1-2H3,(H,18,20)(H,19,21). The molecular weight excluding hydrogens is 332 g/mol. The molecule has 0 aliphatic heterocycles. The number of aryl methyl sites for hydroxylation is 1. The normalized spacial score (nSPS) is 10.0. The highest BCUT2D eigenvalue weighted by Gasteiger charge is 2.10. The molecule has 0 unspecified atom stereocenters. The van der Waals surface area contributed by atoms with Gasteiger partial charge in [0.1, 0.15) is 0 Å². The van der Waals surface area contributed by atoms with Crippen LogP contribution in [0.5, 0.6) is 0 Å². The Morgan fingerprint density at radius 2 is 1.57 bits per heavy atom. The monoisotopic (exact) mass is 346 g/mol. The van der Waals surface area contributed by atoms with Gasteiger partial charge in [-0.25, -0.2) is 0 Å². The smallest absolute Gasteiger partial charge is 0.255 e. The number of anilines is 1. The lowest BCUT2D eigenvalue weighted by Crippen LogP contribution is -2.19. The van der Waals surface area contributed by atoms with E-state index in [1.807, 2.05) is 25.1 Å². The van der Waals surface area contributed by atoms with E-state index in [4.69, 9.17) is 0 Å². The Morgan fingerprint density at radius 1 is 0.952 bits per heavy atom. The Morgan fingerprint density at radius 3 is 2.19 bits per heavy atom. The van der Waals surface area contributed by atoms with Gasteiger partial charge in [0.25, 0.3) is 11.8 Å². The van der Waals surface area contributed by atoms with Crippen molar-refractivity contribution < 1.29 is 9.59 Å². The number of rotatable bonds is 3. The molecule has 0 radical (unpaired) electrons. The minimum atomic E-state index is -0.209. The van der Waals surface area contributed by atoms with Crippen molar-refractivity contribution in [1.29, 1.82) is 0 Å². The van der Waals surface area contributed by atoms with Gasteiger partial charge in [-0.3, -0.25) is 9.59 Å². The van der Waals surface area contributed by atoms with Crippen LogP contribution >= 0.6 is 15.9 Å². The lowest BCUT2D eigenvalue weighted by Gasteiger charge is -2.10. The maximum absolute atomic E-state index is 12.2. The zero-order chi connectivity index (χ0) is 15.4. The summed E-state index contributed by atoms with van der Waals surface area (Å²) in [5.41, 5.74) is 2.59. The molecule has 0 fully saturated rings. The number of hydrogen-bond acceptors (Lipinski definition) is 2. The van der Waals surface area contributed by atoms with E-state index in [-0.39, 0.29) is 11.8 Å². The summed E-state index contributed by atoms with van der Waals surface area (Å²) in [6.07, 6.45) is 0. The molecular formula is C16H15BrN2O2. The van der Waals surface area contributed by atoms with Crippen LogP contribution in [0.25, 0.3) is 0 Å². The van der Waals surface area contributed by atoms with Gasteiger partial charge in [-0.05, 0) is 48.9 Å². The minimum Gasteiger partial charge on any atom is -0.355 e. The van der Waals surface area contributed by atoms with Crippen molar-refractivity contribution in [3.8, 4) is 0 Å². The molecule has 0 bridgehead atoms. The van der Waals surface area contributed by atoms with Gasteiger partial charge in [0.05, 0.1) is 0 Å². The van der Waals surface area contributed by atoms with Gasteiger partial charge in [0, 0.05) is 28.3 Å². The number of carbonyl (C=O) groups is 2. The van der Waals surface area contributed by atoms with Crippen molar-refractivity contribution in [3.05, 3.63) is 63.6 Å². The highest BCUT2D eigenvalue weighted by Crippen LogP contribution is 2.18. The zero-order valence-corrected chi connectivity index (χ0v) is 13.3. The van der Waals surface area contributed by atoms with E-state index in [0.717, 1.165) is 10.0 Å². The Hall–Kier alpha value is -2.14. The molecule has 0 aliphatic carbocycles. The van der Waals surface area contributed by atoms with Gasteiger partial charge in [-0.2, -0.15) is 0 Å². The zero-order valence-electron chi connectivity index (χ0n) is 11.7. The van der Waals surface area contributed by atoms with Crippen LogP contribution in [-0.4, -0.2) is 18.9 Å². The van der Waals surface area contributed by atoms with E-state index in [9.17, 15) is 9.59 Å². The number of benzene rings is 2. The first-order valence-electron chi connectivity index (χ1n) is 6.41. The maximum Gasteiger partial charge on any atom is 0.255 e. The van der Waals surface area contributed by atoms with Crippen molar-refractivity contribution in [3.63, 3.8) is 0 Å². The fourth-order valence-corrected chi connectivity index (χ4v) is 2.10. The first-order chi connectivity index (χ1) is 10.0. The third-order valence-electron chi connectivity index (χ3n) is 3.08. The third-order valence-corrected chi connectivity index (χ3v) is 3.61. The lowest BCUT2D eigenvalue weighted by molar-refractivity contribution is 0.0961. The number of halogens is 1. The highest BCUT2D eigenvalue weighted by atomic mass is 79.9. The predicted molar refractivity (Wildman–Crippen MR) is 86.7 cm³/mol. The summed E-state index contributed by atoms with van der Waals surface area (Å²) in [5, 5.41) is 5.39. The summed E-state index contributed by atoms with van der Waals surface area (Å²) < 4.78 is 0.914. The van der Waals surface area contributed by atoms with Crippen LogP contribution in [0.15, 0.2) is 46.9 Å². The van der Waals surface area contributed by atoms with Crippen LogP contribution in [0.4, 0.5) is 5.69 Å². The van der Waals surface area contributed by atoms with Gasteiger partial charge < -0.3 is 10.6 Å². The van der Waals surface area contributed by atoms with Crippen LogP contribution in [0.2, 0.25) is 0 Å². The molecule has 0 aromatic heterocycles. The molecule has 0 saturated carbocycles. The Bertz CT molecular complexity index is 681. The molecule has 4 nitrogen and oxygen atoms in total. The van der Waals surface area contributed by atoms with Crippen LogP contribution in [0.1, 0.15) is 26.3 Å². The van der Waals surface area contributed by atoms with Gasteiger partial charge in [-0.1, -0.05) is 22.0 Å². The van der Waals surface area contributed by atoms with Crippen LogP contribution < -0.4 is 10.6 Å². The molecule has 0 spiro atoms. The minimum absolute atomic E-state index is 0.186. The van der Waals surface area contributed by atoms with E-state index >= 15 is 0 Å². The Labute approximate surface area is 131 Å². The molecule has 0 heterocycles. The molecule has 2 amide bonds. The Balaban J connectivity index is 2.24.